The third-order valence-electron chi connectivity index (χ3n) is 2.48. The molecule has 4 nitrogen and oxygen atoms in total. The van der Waals surface area contributed by atoms with Crippen LogP contribution in [-0.2, 0) is 0 Å². The Hall–Kier alpha value is -1.49. The molecular weight excluding hydrogens is 312 g/mol. The van der Waals surface area contributed by atoms with E-state index in [1.165, 1.54) is 6.07 Å². The molecule has 2 rings (SSSR count). The average molecular weight is 327 g/mol. The van der Waals surface area contributed by atoms with Crippen molar-refractivity contribution in [2.75, 3.05) is 13.7 Å². The number of rotatable bonds is 4. The van der Waals surface area contributed by atoms with Crippen LogP contribution in [0, 0.1) is 0 Å². The van der Waals surface area contributed by atoms with Gasteiger partial charge >= 0.3 is 5.63 Å². The molecule has 0 saturated heterocycles. The van der Waals surface area contributed by atoms with Crippen LogP contribution in [0.3, 0.4) is 0 Å². The molecule has 0 amide bonds. The van der Waals surface area contributed by atoms with E-state index in [0.717, 1.165) is 5.39 Å². The van der Waals surface area contributed by atoms with Gasteiger partial charge in [-0.2, -0.15) is 0 Å². The minimum Gasteiger partial charge on any atom is -0.493 e. The van der Waals surface area contributed by atoms with Crippen LogP contribution in [0.4, 0.5) is 0 Å². The minimum absolute atomic E-state index is 0.148. The predicted molar refractivity (Wildman–Crippen MR) is 77.5 cm³/mol. The van der Waals surface area contributed by atoms with E-state index in [1.54, 1.807) is 25.3 Å². The van der Waals surface area contributed by atoms with E-state index < -0.39 is 0 Å². The highest BCUT2D eigenvalue weighted by atomic mass is 79.9. The fourth-order valence-electron chi connectivity index (χ4n) is 1.60. The van der Waals surface area contributed by atoms with Gasteiger partial charge in [0.2, 0.25) is 0 Å². The van der Waals surface area contributed by atoms with Crippen LogP contribution in [0.5, 0.6) is 11.5 Å². The standard InChI is InChI=1S/C14H15BrO4/c1-14(2,15)8-18-12-7-10-9(6-11(12)17-3)4-5-13(16)19-10/h4-7H,8H2,1-3H3. The second-order valence-electron chi connectivity index (χ2n) is 4.80. The third-order valence-corrected chi connectivity index (χ3v) is 2.71. The van der Waals surface area contributed by atoms with Crippen LogP contribution in [0.25, 0.3) is 11.0 Å². The molecule has 0 fully saturated rings. The van der Waals surface area contributed by atoms with Crippen molar-refractivity contribution in [2.24, 2.45) is 0 Å². The number of hydrogen-bond donors (Lipinski definition) is 0. The molecule has 0 aliphatic carbocycles. The number of methoxy groups -OCH3 is 1. The Labute approximate surface area is 119 Å². The summed E-state index contributed by atoms with van der Waals surface area (Å²) in [5, 5.41) is 0.793. The zero-order valence-electron chi connectivity index (χ0n) is 11.0. The van der Waals surface area contributed by atoms with Gasteiger partial charge in [-0.15, -0.1) is 0 Å². The molecule has 0 spiro atoms. The lowest BCUT2D eigenvalue weighted by Crippen LogP contribution is -2.20. The van der Waals surface area contributed by atoms with Crippen LogP contribution in [-0.4, -0.2) is 18.0 Å². The highest BCUT2D eigenvalue weighted by Gasteiger charge is 2.16. The van der Waals surface area contributed by atoms with Gasteiger partial charge in [-0.05, 0) is 26.0 Å². The van der Waals surface area contributed by atoms with Crippen molar-refractivity contribution in [1.82, 2.24) is 0 Å². The van der Waals surface area contributed by atoms with Gasteiger partial charge in [-0.25, -0.2) is 4.79 Å². The van der Waals surface area contributed by atoms with Gasteiger partial charge in [0.25, 0.3) is 0 Å². The molecule has 19 heavy (non-hydrogen) atoms. The summed E-state index contributed by atoms with van der Waals surface area (Å²) in [5.41, 5.74) is 0.0973. The smallest absolute Gasteiger partial charge is 0.336 e. The minimum atomic E-state index is -0.385. The number of halogens is 1. The molecule has 2 aromatic rings. The van der Waals surface area contributed by atoms with Gasteiger partial charge in [-0.1, -0.05) is 15.9 Å². The van der Waals surface area contributed by atoms with E-state index in [0.29, 0.717) is 23.7 Å². The van der Waals surface area contributed by atoms with Crippen molar-refractivity contribution in [3.05, 3.63) is 34.7 Å². The zero-order valence-corrected chi connectivity index (χ0v) is 12.6. The van der Waals surface area contributed by atoms with Crippen LogP contribution >= 0.6 is 15.9 Å². The summed E-state index contributed by atoms with van der Waals surface area (Å²) < 4.78 is 16.0. The van der Waals surface area contributed by atoms with E-state index in [2.05, 4.69) is 15.9 Å². The van der Waals surface area contributed by atoms with Crippen LogP contribution < -0.4 is 15.1 Å². The largest absolute Gasteiger partial charge is 0.493 e. The van der Waals surface area contributed by atoms with Crippen LogP contribution in [0.1, 0.15) is 13.8 Å². The SMILES string of the molecule is COc1cc2ccc(=O)oc2cc1OCC(C)(C)Br. The molecule has 5 heteroatoms. The first-order valence-electron chi connectivity index (χ1n) is 5.83. The predicted octanol–water partition coefficient (Wildman–Crippen LogP) is 3.35. The Morgan fingerprint density at radius 3 is 2.63 bits per heavy atom. The van der Waals surface area contributed by atoms with E-state index in [4.69, 9.17) is 13.9 Å². The van der Waals surface area contributed by atoms with E-state index in [1.807, 2.05) is 13.8 Å². The summed E-state index contributed by atoms with van der Waals surface area (Å²) in [6.07, 6.45) is 0. The summed E-state index contributed by atoms with van der Waals surface area (Å²) in [4.78, 5) is 11.2. The summed E-state index contributed by atoms with van der Waals surface area (Å²) in [6.45, 7) is 4.47. The first-order valence-corrected chi connectivity index (χ1v) is 6.62. The average Bonchev–Trinajstić information content (AvgIpc) is 2.34. The van der Waals surface area contributed by atoms with Crippen molar-refractivity contribution in [3.8, 4) is 11.5 Å². The van der Waals surface area contributed by atoms with Gasteiger partial charge in [0.1, 0.15) is 12.2 Å². The molecule has 0 aliphatic heterocycles. The Morgan fingerprint density at radius 2 is 2.00 bits per heavy atom. The molecule has 0 saturated carbocycles. The second-order valence-corrected chi connectivity index (χ2v) is 6.95. The summed E-state index contributed by atoms with van der Waals surface area (Å²) >= 11 is 3.50. The van der Waals surface area contributed by atoms with Gasteiger partial charge in [-0.3, -0.25) is 0 Å². The fraction of sp³-hybridized carbons (Fsp3) is 0.357. The molecule has 1 heterocycles. The maximum absolute atomic E-state index is 11.2. The van der Waals surface area contributed by atoms with Crippen molar-refractivity contribution in [3.63, 3.8) is 0 Å². The maximum Gasteiger partial charge on any atom is 0.336 e. The lowest BCUT2D eigenvalue weighted by Gasteiger charge is -2.18. The van der Waals surface area contributed by atoms with Crippen molar-refractivity contribution >= 4 is 26.9 Å². The summed E-state index contributed by atoms with van der Waals surface area (Å²) in [6, 6.07) is 6.54. The van der Waals surface area contributed by atoms with Crippen molar-refractivity contribution < 1.29 is 13.9 Å². The monoisotopic (exact) mass is 326 g/mol. The molecule has 1 aromatic carbocycles. The molecule has 1 aromatic heterocycles. The third kappa shape index (κ3) is 3.50. The van der Waals surface area contributed by atoms with Gasteiger partial charge in [0, 0.05) is 17.5 Å². The highest BCUT2D eigenvalue weighted by molar-refractivity contribution is 9.10. The number of benzene rings is 1. The Balaban J connectivity index is 2.43. The van der Waals surface area contributed by atoms with Crippen molar-refractivity contribution in [2.45, 2.75) is 18.2 Å². The van der Waals surface area contributed by atoms with Gasteiger partial charge < -0.3 is 13.9 Å². The first kappa shape index (κ1) is 13.9. The lowest BCUT2D eigenvalue weighted by molar-refractivity contribution is 0.273. The molecule has 0 radical (unpaired) electrons. The summed E-state index contributed by atoms with van der Waals surface area (Å²) in [7, 11) is 1.58. The molecular formula is C14H15BrO4. The maximum atomic E-state index is 11.2. The van der Waals surface area contributed by atoms with Crippen LogP contribution in [0.2, 0.25) is 0 Å². The van der Waals surface area contributed by atoms with E-state index >= 15 is 0 Å². The second kappa shape index (κ2) is 5.25. The number of fused-ring (bicyclic) bond motifs is 1. The van der Waals surface area contributed by atoms with E-state index in [9.17, 15) is 4.79 Å². The van der Waals surface area contributed by atoms with Gasteiger partial charge in [0.15, 0.2) is 11.5 Å². The molecule has 0 atom stereocenters. The highest BCUT2D eigenvalue weighted by Crippen LogP contribution is 2.33. The van der Waals surface area contributed by atoms with Gasteiger partial charge in [0.05, 0.1) is 11.4 Å². The number of hydrogen-bond acceptors (Lipinski definition) is 4. The zero-order chi connectivity index (χ0) is 14.0. The van der Waals surface area contributed by atoms with E-state index in [-0.39, 0.29) is 9.95 Å². The molecule has 0 N–H and O–H groups in total. The van der Waals surface area contributed by atoms with Crippen LogP contribution in [0.15, 0.2) is 33.5 Å². The Morgan fingerprint density at radius 1 is 1.26 bits per heavy atom. The molecule has 0 aliphatic rings. The molecule has 0 bridgehead atoms. The molecule has 102 valence electrons. The quantitative estimate of drug-likeness (QED) is 0.638. The Kier molecular flexibility index (Phi) is 3.85. The van der Waals surface area contributed by atoms with Crippen molar-refractivity contribution in [1.29, 1.82) is 0 Å². The Bertz CT molecular complexity index is 640. The topological polar surface area (TPSA) is 48.7 Å². The molecule has 0 unspecified atom stereocenters. The first-order chi connectivity index (χ1) is 8.89. The normalized spacial score (nSPS) is 11.6. The number of alkyl halides is 1. The summed E-state index contributed by atoms with van der Waals surface area (Å²) in [5.74, 6) is 1.16. The number of ether oxygens (including phenoxy) is 2. The lowest BCUT2D eigenvalue weighted by atomic mass is 10.2. The fourth-order valence-corrected chi connectivity index (χ4v) is 1.71.